The highest BCUT2D eigenvalue weighted by atomic mass is 17.2. The van der Waals surface area contributed by atoms with E-state index in [2.05, 4.69) is 9.78 Å². The summed E-state index contributed by atoms with van der Waals surface area (Å²) in [6.07, 6.45) is 0. The zero-order valence-electron chi connectivity index (χ0n) is 8.86. The summed E-state index contributed by atoms with van der Waals surface area (Å²) in [7, 11) is 1.55. The molecule has 0 aliphatic heterocycles. The van der Waals surface area contributed by atoms with E-state index in [4.69, 9.17) is 4.74 Å². The molecular formula is C11H14O4. The van der Waals surface area contributed by atoms with Gasteiger partial charge in [-0.3, -0.25) is 4.89 Å². The predicted molar refractivity (Wildman–Crippen MR) is 54.4 cm³/mol. The summed E-state index contributed by atoms with van der Waals surface area (Å²) in [5.74, 6) is -0.494. The van der Waals surface area contributed by atoms with Gasteiger partial charge >= 0.3 is 5.97 Å². The highest BCUT2D eigenvalue weighted by Gasteiger charge is 2.06. The van der Waals surface area contributed by atoms with Crippen LogP contribution in [0, 0.1) is 6.92 Å². The average molecular weight is 210 g/mol. The minimum Gasteiger partial charge on any atom is -0.382 e. The van der Waals surface area contributed by atoms with Crippen LogP contribution in [0.15, 0.2) is 24.3 Å². The third-order valence-electron chi connectivity index (χ3n) is 1.79. The van der Waals surface area contributed by atoms with Crippen molar-refractivity contribution in [2.75, 3.05) is 20.3 Å². The van der Waals surface area contributed by atoms with E-state index in [-0.39, 0.29) is 6.61 Å². The van der Waals surface area contributed by atoms with Crippen LogP contribution in [0.2, 0.25) is 0 Å². The van der Waals surface area contributed by atoms with Gasteiger partial charge in [-0.2, -0.15) is 4.89 Å². The second kappa shape index (κ2) is 6.16. The van der Waals surface area contributed by atoms with Crippen molar-refractivity contribution < 1.29 is 19.3 Å². The molecule has 0 spiro atoms. The first kappa shape index (κ1) is 11.7. The SMILES string of the molecule is COCCOOC(=O)c1ccc(C)cc1. The predicted octanol–water partition coefficient (Wildman–Crippen LogP) is 1.73. The Morgan fingerprint density at radius 2 is 1.87 bits per heavy atom. The average Bonchev–Trinajstić information content (AvgIpc) is 2.25. The van der Waals surface area contributed by atoms with Gasteiger partial charge < -0.3 is 4.74 Å². The van der Waals surface area contributed by atoms with E-state index >= 15 is 0 Å². The van der Waals surface area contributed by atoms with Crippen molar-refractivity contribution in [3.05, 3.63) is 35.4 Å². The molecule has 4 heteroatoms. The Labute approximate surface area is 88.7 Å². The van der Waals surface area contributed by atoms with E-state index in [1.165, 1.54) is 0 Å². The molecule has 0 aliphatic rings. The monoisotopic (exact) mass is 210 g/mol. The van der Waals surface area contributed by atoms with Crippen LogP contribution in [-0.2, 0) is 14.5 Å². The number of carbonyl (C=O) groups is 1. The molecule has 0 unspecified atom stereocenters. The first-order valence-electron chi connectivity index (χ1n) is 4.63. The van der Waals surface area contributed by atoms with Crippen LogP contribution in [0.5, 0.6) is 0 Å². The fraction of sp³-hybridized carbons (Fsp3) is 0.364. The molecule has 0 aromatic heterocycles. The summed E-state index contributed by atoms with van der Waals surface area (Å²) in [5, 5.41) is 0. The first-order chi connectivity index (χ1) is 7.24. The van der Waals surface area contributed by atoms with Gasteiger partial charge in [0.05, 0.1) is 12.2 Å². The van der Waals surface area contributed by atoms with Crippen molar-refractivity contribution in [3.63, 3.8) is 0 Å². The Morgan fingerprint density at radius 3 is 2.47 bits per heavy atom. The zero-order chi connectivity index (χ0) is 11.1. The van der Waals surface area contributed by atoms with E-state index in [0.29, 0.717) is 12.2 Å². The summed E-state index contributed by atoms with van der Waals surface area (Å²) >= 11 is 0. The third-order valence-corrected chi connectivity index (χ3v) is 1.79. The fourth-order valence-corrected chi connectivity index (χ4v) is 0.950. The fourth-order valence-electron chi connectivity index (χ4n) is 0.950. The maximum absolute atomic E-state index is 11.3. The molecule has 0 bridgehead atoms. The number of benzene rings is 1. The Bertz CT molecular complexity index is 305. The van der Waals surface area contributed by atoms with Crippen molar-refractivity contribution >= 4 is 5.97 Å². The molecule has 1 rings (SSSR count). The smallest absolute Gasteiger partial charge is 0.373 e. The van der Waals surface area contributed by atoms with E-state index in [1.54, 1.807) is 19.2 Å². The van der Waals surface area contributed by atoms with Crippen LogP contribution in [0.4, 0.5) is 0 Å². The van der Waals surface area contributed by atoms with Crippen LogP contribution >= 0.6 is 0 Å². The molecule has 1 aromatic carbocycles. The summed E-state index contributed by atoms with van der Waals surface area (Å²) in [6.45, 7) is 2.57. The van der Waals surface area contributed by atoms with Gasteiger partial charge in [0.15, 0.2) is 0 Å². The topological polar surface area (TPSA) is 44.8 Å². The quantitative estimate of drug-likeness (QED) is 0.422. The van der Waals surface area contributed by atoms with Crippen molar-refractivity contribution in [1.82, 2.24) is 0 Å². The highest BCUT2D eigenvalue weighted by Crippen LogP contribution is 2.04. The van der Waals surface area contributed by atoms with Crippen molar-refractivity contribution in [2.45, 2.75) is 6.92 Å². The molecule has 0 heterocycles. The molecule has 0 radical (unpaired) electrons. The largest absolute Gasteiger partial charge is 0.382 e. The van der Waals surface area contributed by atoms with Crippen molar-refractivity contribution in [3.8, 4) is 0 Å². The Hall–Kier alpha value is -1.39. The normalized spacial score (nSPS) is 10.0. The third kappa shape index (κ3) is 4.10. The number of ether oxygens (including phenoxy) is 1. The maximum atomic E-state index is 11.3. The second-order valence-corrected chi connectivity index (χ2v) is 3.05. The Morgan fingerprint density at radius 1 is 1.20 bits per heavy atom. The molecule has 0 fully saturated rings. The van der Waals surface area contributed by atoms with Gasteiger partial charge in [-0.25, -0.2) is 4.79 Å². The van der Waals surface area contributed by atoms with Crippen LogP contribution in [0.25, 0.3) is 0 Å². The van der Waals surface area contributed by atoms with E-state index in [9.17, 15) is 4.79 Å². The van der Waals surface area contributed by atoms with E-state index in [1.807, 2.05) is 19.1 Å². The number of hydrogen-bond donors (Lipinski definition) is 0. The van der Waals surface area contributed by atoms with Crippen LogP contribution in [-0.4, -0.2) is 26.3 Å². The number of rotatable bonds is 5. The second-order valence-electron chi connectivity index (χ2n) is 3.05. The molecule has 1 aromatic rings. The molecular weight excluding hydrogens is 196 g/mol. The number of carbonyl (C=O) groups excluding carboxylic acids is 1. The zero-order valence-corrected chi connectivity index (χ0v) is 8.86. The molecule has 0 atom stereocenters. The minimum atomic E-state index is -0.494. The van der Waals surface area contributed by atoms with Gasteiger partial charge in [0.25, 0.3) is 0 Å². The number of hydrogen-bond acceptors (Lipinski definition) is 4. The first-order valence-corrected chi connectivity index (χ1v) is 4.63. The molecule has 0 saturated heterocycles. The molecule has 0 aliphatic carbocycles. The summed E-state index contributed by atoms with van der Waals surface area (Å²) in [4.78, 5) is 20.5. The molecule has 15 heavy (non-hydrogen) atoms. The lowest BCUT2D eigenvalue weighted by molar-refractivity contribution is -0.246. The van der Waals surface area contributed by atoms with E-state index < -0.39 is 5.97 Å². The maximum Gasteiger partial charge on any atom is 0.373 e. The number of methoxy groups -OCH3 is 1. The van der Waals surface area contributed by atoms with Gasteiger partial charge in [-0.15, -0.1) is 0 Å². The molecule has 0 saturated carbocycles. The minimum absolute atomic E-state index is 0.230. The van der Waals surface area contributed by atoms with E-state index in [0.717, 1.165) is 5.56 Å². The summed E-state index contributed by atoms with van der Waals surface area (Å²) in [6, 6.07) is 7.06. The standard InChI is InChI=1S/C11H14O4/c1-9-3-5-10(6-4-9)11(12)15-14-8-7-13-2/h3-6H,7-8H2,1-2H3. The van der Waals surface area contributed by atoms with Crippen LogP contribution in [0.3, 0.4) is 0 Å². The van der Waals surface area contributed by atoms with Gasteiger partial charge in [0, 0.05) is 7.11 Å². The van der Waals surface area contributed by atoms with Gasteiger partial charge in [-0.1, -0.05) is 17.7 Å². The molecule has 0 N–H and O–H groups in total. The number of aryl methyl sites for hydroxylation is 1. The van der Waals surface area contributed by atoms with Gasteiger partial charge in [0.1, 0.15) is 6.61 Å². The van der Waals surface area contributed by atoms with Crippen molar-refractivity contribution in [2.24, 2.45) is 0 Å². The lowest BCUT2D eigenvalue weighted by Gasteiger charge is -2.03. The lowest BCUT2D eigenvalue weighted by atomic mass is 10.2. The Balaban J connectivity index is 2.37. The van der Waals surface area contributed by atoms with Crippen LogP contribution < -0.4 is 0 Å². The summed E-state index contributed by atoms with van der Waals surface area (Å²) in [5.41, 5.74) is 1.56. The molecule has 4 nitrogen and oxygen atoms in total. The molecule has 82 valence electrons. The highest BCUT2D eigenvalue weighted by molar-refractivity contribution is 5.88. The van der Waals surface area contributed by atoms with Gasteiger partial charge in [-0.05, 0) is 19.1 Å². The molecule has 0 amide bonds. The Kier molecular flexibility index (Phi) is 4.80. The van der Waals surface area contributed by atoms with Gasteiger partial charge in [0.2, 0.25) is 0 Å². The van der Waals surface area contributed by atoms with Crippen LogP contribution in [0.1, 0.15) is 15.9 Å². The summed E-state index contributed by atoms with van der Waals surface area (Å²) < 4.78 is 4.73. The lowest BCUT2D eigenvalue weighted by Crippen LogP contribution is -2.09. The van der Waals surface area contributed by atoms with Crippen molar-refractivity contribution in [1.29, 1.82) is 0 Å².